The fourth-order valence-electron chi connectivity index (χ4n) is 10.3. The molecule has 2 aromatic heterocycles. The number of nitrogens with zero attached hydrogens (tertiary/aromatic N) is 1. The van der Waals surface area contributed by atoms with Gasteiger partial charge in [-0.05, 0) is 105 Å². The molecule has 0 saturated heterocycles. The van der Waals surface area contributed by atoms with E-state index >= 15 is 0 Å². The van der Waals surface area contributed by atoms with E-state index in [0.29, 0.717) is 0 Å². The molecule has 0 aliphatic heterocycles. The number of hydrogen-bond donors (Lipinski definition) is 0. The van der Waals surface area contributed by atoms with E-state index in [1.54, 1.807) is 0 Å². The van der Waals surface area contributed by atoms with Crippen molar-refractivity contribution in [2.75, 3.05) is 4.90 Å². The number of anilines is 3. The van der Waals surface area contributed by atoms with Crippen molar-refractivity contribution >= 4 is 60.9 Å². The fourth-order valence-corrected chi connectivity index (χ4v) is 10.3. The fraction of sp³-hybridized carbons (Fsp3) is 0.111. The monoisotopic (exact) mass is 733 g/mol. The van der Waals surface area contributed by atoms with E-state index in [4.69, 9.17) is 8.83 Å². The molecule has 3 nitrogen and oxygen atoms in total. The van der Waals surface area contributed by atoms with Crippen LogP contribution in [-0.4, -0.2) is 0 Å². The van der Waals surface area contributed by atoms with Gasteiger partial charge in [-0.2, -0.15) is 0 Å². The van der Waals surface area contributed by atoms with Gasteiger partial charge in [-0.1, -0.05) is 137 Å². The normalized spacial score (nSPS) is 14.6. The van der Waals surface area contributed by atoms with Crippen LogP contribution in [-0.2, 0) is 10.8 Å². The van der Waals surface area contributed by atoms with Gasteiger partial charge in [0.05, 0.1) is 5.69 Å². The van der Waals surface area contributed by atoms with Crippen LogP contribution in [0.1, 0.15) is 49.9 Å². The third kappa shape index (κ3) is 4.37. The second kappa shape index (κ2) is 11.4. The number of benzene rings is 8. The van der Waals surface area contributed by atoms with E-state index in [1.165, 1.54) is 44.5 Å². The minimum atomic E-state index is -0.160. The predicted molar refractivity (Wildman–Crippen MR) is 236 cm³/mol. The standard InChI is InChI=1S/C54H39NO2/c1-53(2)42-19-11-8-16-36(42)38-24-22-32(30-44(38)53)35-26-27-41-50-48(29-28-47-49(50)40-18-10-13-21-46(40)56-47)57-52(41)51(35)55(33-14-6-5-7-15-33)34-23-25-39-37-17-9-12-20-43(37)54(3,4)45(39)31-34/h5-31H,1-4H3. The average molecular weight is 734 g/mol. The zero-order valence-corrected chi connectivity index (χ0v) is 32.4. The van der Waals surface area contributed by atoms with Crippen LogP contribution in [0.4, 0.5) is 17.1 Å². The third-order valence-electron chi connectivity index (χ3n) is 13.1. The lowest BCUT2D eigenvalue weighted by molar-refractivity contribution is 0.660. The highest BCUT2D eigenvalue weighted by atomic mass is 16.3. The maximum absolute atomic E-state index is 7.18. The lowest BCUT2D eigenvalue weighted by atomic mass is 9.81. The Morgan fingerprint density at radius 3 is 1.68 bits per heavy atom. The van der Waals surface area contributed by atoms with Crippen LogP contribution in [0.15, 0.2) is 173 Å². The predicted octanol–water partition coefficient (Wildman–Crippen LogP) is 15.2. The Kier molecular flexibility index (Phi) is 6.46. The molecule has 10 aromatic rings. The summed E-state index contributed by atoms with van der Waals surface area (Å²) in [6.07, 6.45) is 0. The second-order valence-electron chi connectivity index (χ2n) is 16.9. The number of para-hydroxylation sites is 2. The zero-order valence-electron chi connectivity index (χ0n) is 32.4. The van der Waals surface area contributed by atoms with Crippen molar-refractivity contribution in [2.45, 2.75) is 38.5 Å². The van der Waals surface area contributed by atoms with Crippen molar-refractivity contribution in [3.8, 4) is 33.4 Å². The van der Waals surface area contributed by atoms with E-state index in [1.807, 2.05) is 12.1 Å². The summed E-state index contributed by atoms with van der Waals surface area (Å²) in [5.41, 5.74) is 19.2. The highest BCUT2D eigenvalue weighted by Crippen LogP contribution is 2.55. The van der Waals surface area contributed by atoms with Crippen LogP contribution in [0, 0.1) is 0 Å². The highest BCUT2D eigenvalue weighted by molar-refractivity contribution is 6.27. The lowest BCUT2D eigenvalue weighted by Crippen LogP contribution is -2.17. The van der Waals surface area contributed by atoms with Crippen LogP contribution in [0.25, 0.3) is 77.3 Å². The van der Waals surface area contributed by atoms with Crippen molar-refractivity contribution in [2.24, 2.45) is 0 Å². The Morgan fingerprint density at radius 1 is 0.386 bits per heavy atom. The van der Waals surface area contributed by atoms with Gasteiger partial charge >= 0.3 is 0 Å². The van der Waals surface area contributed by atoms with Gasteiger partial charge < -0.3 is 13.7 Å². The first-order chi connectivity index (χ1) is 27.8. The molecule has 0 bridgehead atoms. The molecule has 0 spiro atoms. The second-order valence-corrected chi connectivity index (χ2v) is 16.9. The van der Waals surface area contributed by atoms with Crippen molar-refractivity contribution in [1.82, 2.24) is 0 Å². The van der Waals surface area contributed by atoms with Gasteiger partial charge in [0, 0.05) is 49.3 Å². The zero-order chi connectivity index (χ0) is 38.2. The summed E-state index contributed by atoms with van der Waals surface area (Å²) in [6, 6.07) is 59.6. The van der Waals surface area contributed by atoms with Gasteiger partial charge in [0.25, 0.3) is 0 Å². The number of rotatable bonds is 4. The molecular weight excluding hydrogens is 695 g/mol. The van der Waals surface area contributed by atoms with Crippen LogP contribution >= 0.6 is 0 Å². The molecule has 0 fully saturated rings. The number of hydrogen-bond acceptors (Lipinski definition) is 3. The Hall–Kier alpha value is -6.84. The molecule has 57 heavy (non-hydrogen) atoms. The number of fused-ring (bicyclic) bond motifs is 13. The Bertz CT molecular complexity index is 3300. The quantitative estimate of drug-likeness (QED) is 0.180. The maximum Gasteiger partial charge on any atom is 0.160 e. The molecule has 0 amide bonds. The molecule has 0 saturated carbocycles. The molecular formula is C54H39NO2. The summed E-state index contributed by atoms with van der Waals surface area (Å²) < 4.78 is 13.6. The Morgan fingerprint density at radius 2 is 0.947 bits per heavy atom. The molecule has 3 heteroatoms. The van der Waals surface area contributed by atoms with Crippen LogP contribution in [0.3, 0.4) is 0 Å². The van der Waals surface area contributed by atoms with E-state index in [9.17, 15) is 0 Å². The summed E-state index contributed by atoms with van der Waals surface area (Å²) in [7, 11) is 0. The smallest absolute Gasteiger partial charge is 0.160 e. The highest BCUT2D eigenvalue weighted by Gasteiger charge is 2.38. The number of furan rings is 2. The van der Waals surface area contributed by atoms with Crippen LogP contribution in [0.2, 0.25) is 0 Å². The molecule has 0 N–H and O–H groups in total. The van der Waals surface area contributed by atoms with Crippen molar-refractivity contribution < 1.29 is 8.83 Å². The van der Waals surface area contributed by atoms with Gasteiger partial charge in [-0.3, -0.25) is 0 Å². The lowest BCUT2D eigenvalue weighted by Gasteiger charge is -2.30. The van der Waals surface area contributed by atoms with Crippen LogP contribution < -0.4 is 4.90 Å². The molecule has 8 aromatic carbocycles. The maximum atomic E-state index is 7.18. The minimum Gasteiger partial charge on any atom is -0.456 e. The molecule has 272 valence electrons. The minimum absolute atomic E-state index is 0.140. The summed E-state index contributed by atoms with van der Waals surface area (Å²) in [5.74, 6) is 0. The molecule has 0 radical (unpaired) electrons. The van der Waals surface area contributed by atoms with Gasteiger partial charge in [0.1, 0.15) is 16.7 Å². The average Bonchev–Trinajstić information content (AvgIpc) is 3.94. The first kappa shape index (κ1) is 32.4. The topological polar surface area (TPSA) is 29.5 Å². The first-order valence-corrected chi connectivity index (χ1v) is 19.9. The summed E-state index contributed by atoms with van der Waals surface area (Å²) in [6.45, 7) is 9.41. The molecule has 0 atom stereocenters. The first-order valence-electron chi connectivity index (χ1n) is 19.9. The molecule has 2 heterocycles. The van der Waals surface area contributed by atoms with Crippen molar-refractivity contribution in [3.63, 3.8) is 0 Å². The van der Waals surface area contributed by atoms with Gasteiger partial charge in [0.15, 0.2) is 5.58 Å². The SMILES string of the molecule is CC1(C)c2ccccc2-c2ccc(-c3ccc4c(oc5ccc6oc7ccccc7c6c54)c3N(c3ccccc3)c3ccc4c(c3)C(C)(C)c3ccccc3-4)cc21. The van der Waals surface area contributed by atoms with E-state index < -0.39 is 0 Å². The summed E-state index contributed by atoms with van der Waals surface area (Å²) in [4.78, 5) is 2.43. The van der Waals surface area contributed by atoms with E-state index in [-0.39, 0.29) is 10.8 Å². The largest absolute Gasteiger partial charge is 0.456 e. The van der Waals surface area contributed by atoms with Gasteiger partial charge in [0.2, 0.25) is 0 Å². The van der Waals surface area contributed by atoms with Crippen LogP contribution in [0.5, 0.6) is 0 Å². The van der Waals surface area contributed by atoms with Crippen molar-refractivity contribution in [1.29, 1.82) is 0 Å². The molecule has 12 rings (SSSR count). The summed E-state index contributed by atoms with van der Waals surface area (Å²) in [5, 5.41) is 4.31. The Labute approximate surface area is 331 Å². The van der Waals surface area contributed by atoms with E-state index in [0.717, 1.165) is 72.1 Å². The Balaban J connectivity index is 1.18. The van der Waals surface area contributed by atoms with Gasteiger partial charge in [-0.25, -0.2) is 0 Å². The van der Waals surface area contributed by atoms with Gasteiger partial charge in [-0.15, -0.1) is 0 Å². The third-order valence-corrected chi connectivity index (χ3v) is 13.1. The summed E-state index contributed by atoms with van der Waals surface area (Å²) >= 11 is 0. The molecule has 0 unspecified atom stereocenters. The van der Waals surface area contributed by atoms with Crippen molar-refractivity contribution in [3.05, 3.63) is 186 Å². The molecule has 2 aliphatic carbocycles. The van der Waals surface area contributed by atoms with E-state index in [2.05, 4.69) is 184 Å². The molecule has 2 aliphatic rings.